The van der Waals surface area contributed by atoms with Gasteiger partial charge in [0.1, 0.15) is 0 Å². The molecule has 1 amide bonds. The molecule has 1 aromatic heterocycles. The van der Waals surface area contributed by atoms with Gasteiger partial charge in [0.05, 0.1) is 12.3 Å². The van der Waals surface area contributed by atoms with Gasteiger partial charge in [-0.05, 0) is 32.1 Å². The van der Waals surface area contributed by atoms with Gasteiger partial charge in [-0.2, -0.15) is 0 Å². The Kier molecular flexibility index (Phi) is 6.07. The molecule has 1 aliphatic rings. The third-order valence-corrected chi connectivity index (χ3v) is 3.92. The van der Waals surface area contributed by atoms with E-state index in [-0.39, 0.29) is 18.2 Å². The van der Waals surface area contributed by atoms with Crippen LogP contribution in [0.25, 0.3) is 0 Å². The van der Waals surface area contributed by atoms with Gasteiger partial charge in [0.2, 0.25) is 11.8 Å². The second kappa shape index (κ2) is 8.06. The number of nitrogens with one attached hydrogen (secondary N) is 1. The van der Waals surface area contributed by atoms with Gasteiger partial charge in [0.25, 0.3) is 5.22 Å². The van der Waals surface area contributed by atoms with E-state index in [4.69, 9.17) is 10.2 Å². The summed E-state index contributed by atoms with van der Waals surface area (Å²) < 4.78 is 5.21. The Labute approximate surface area is 122 Å². The molecule has 0 aromatic carbocycles. The van der Waals surface area contributed by atoms with Crippen molar-refractivity contribution in [1.82, 2.24) is 15.5 Å². The van der Waals surface area contributed by atoms with E-state index in [1.54, 1.807) is 0 Å². The van der Waals surface area contributed by atoms with Crippen LogP contribution in [0.3, 0.4) is 0 Å². The van der Waals surface area contributed by atoms with Crippen molar-refractivity contribution in [3.8, 4) is 0 Å². The van der Waals surface area contributed by atoms with Crippen molar-refractivity contribution >= 4 is 17.7 Å². The number of carbonyl (C=O) groups excluding carboxylic acids is 1. The van der Waals surface area contributed by atoms with Crippen LogP contribution < -0.4 is 11.1 Å². The summed E-state index contributed by atoms with van der Waals surface area (Å²) in [5.41, 5.74) is 6.83. The highest BCUT2D eigenvalue weighted by molar-refractivity contribution is 7.99. The molecule has 20 heavy (non-hydrogen) atoms. The number of nitrogens with zero attached hydrogens (tertiary/aromatic N) is 2. The van der Waals surface area contributed by atoms with Crippen LogP contribution >= 0.6 is 11.8 Å². The minimum atomic E-state index is -0.0149. The van der Waals surface area contributed by atoms with Gasteiger partial charge in [-0.1, -0.05) is 23.4 Å². The lowest BCUT2D eigenvalue weighted by Gasteiger charge is -2.12. The second-order valence-corrected chi connectivity index (χ2v) is 5.59. The molecule has 0 spiro atoms. The largest absolute Gasteiger partial charge is 0.415 e. The monoisotopic (exact) mass is 296 g/mol. The third-order valence-electron chi connectivity index (χ3n) is 3.10. The van der Waals surface area contributed by atoms with Crippen molar-refractivity contribution < 1.29 is 9.21 Å². The molecule has 7 heteroatoms. The first-order chi connectivity index (χ1) is 9.78. The summed E-state index contributed by atoms with van der Waals surface area (Å²) in [5.74, 6) is 0.654. The predicted molar refractivity (Wildman–Crippen MR) is 77.1 cm³/mol. The van der Waals surface area contributed by atoms with Gasteiger partial charge in [-0.25, -0.2) is 0 Å². The molecule has 0 bridgehead atoms. The average Bonchev–Trinajstić information content (AvgIpc) is 2.94. The Balaban J connectivity index is 1.61. The number of carbonyl (C=O) groups is 1. The van der Waals surface area contributed by atoms with E-state index in [1.165, 1.54) is 43.0 Å². The zero-order chi connectivity index (χ0) is 14.2. The molecule has 3 N–H and O–H groups in total. The zero-order valence-corrected chi connectivity index (χ0v) is 12.2. The fourth-order valence-electron chi connectivity index (χ4n) is 2.05. The lowest BCUT2D eigenvalue weighted by Crippen LogP contribution is -2.26. The Morgan fingerprint density at radius 3 is 3.05 bits per heavy atom. The first-order valence-corrected chi connectivity index (χ1v) is 7.86. The number of hydrogen-bond donors (Lipinski definition) is 2. The van der Waals surface area contributed by atoms with Crippen LogP contribution in [0.5, 0.6) is 0 Å². The maximum Gasteiger partial charge on any atom is 0.277 e. The molecule has 1 heterocycles. The van der Waals surface area contributed by atoms with Crippen molar-refractivity contribution in [3.63, 3.8) is 0 Å². The van der Waals surface area contributed by atoms with Crippen molar-refractivity contribution in [2.45, 2.75) is 43.9 Å². The standard InChI is InChI=1S/C13H20N4O2S/c14-8-12-16-17-13(19-12)20-9-11(18)15-7-6-10-4-2-1-3-5-10/h4H,1-3,5-9,14H2,(H,15,18). The maximum atomic E-state index is 11.7. The first-order valence-electron chi connectivity index (χ1n) is 6.88. The minimum Gasteiger partial charge on any atom is -0.415 e. The van der Waals surface area contributed by atoms with E-state index < -0.39 is 0 Å². The Bertz CT molecular complexity index is 473. The summed E-state index contributed by atoms with van der Waals surface area (Å²) in [5, 5.41) is 10.8. The van der Waals surface area contributed by atoms with Crippen LogP contribution in [0, 0.1) is 0 Å². The molecule has 0 radical (unpaired) electrons. The van der Waals surface area contributed by atoms with Gasteiger partial charge in [-0.3, -0.25) is 4.79 Å². The van der Waals surface area contributed by atoms with Gasteiger partial charge in [0, 0.05) is 6.54 Å². The summed E-state index contributed by atoms with van der Waals surface area (Å²) in [6.45, 7) is 0.915. The lowest BCUT2D eigenvalue weighted by molar-refractivity contribution is -0.118. The zero-order valence-electron chi connectivity index (χ0n) is 11.4. The van der Waals surface area contributed by atoms with Crippen LogP contribution in [0.15, 0.2) is 21.3 Å². The lowest BCUT2D eigenvalue weighted by atomic mass is 9.97. The van der Waals surface area contributed by atoms with Crippen molar-refractivity contribution in [3.05, 3.63) is 17.5 Å². The molecule has 0 aliphatic heterocycles. The Morgan fingerprint density at radius 2 is 2.35 bits per heavy atom. The van der Waals surface area contributed by atoms with Crippen LogP contribution in [-0.4, -0.2) is 28.4 Å². The van der Waals surface area contributed by atoms with Gasteiger partial charge in [0.15, 0.2) is 0 Å². The quantitative estimate of drug-likeness (QED) is 0.586. The summed E-state index contributed by atoms with van der Waals surface area (Å²) >= 11 is 1.23. The molecule has 1 aromatic rings. The Hall–Kier alpha value is -1.34. The maximum absolute atomic E-state index is 11.7. The van der Waals surface area contributed by atoms with Gasteiger partial charge < -0.3 is 15.5 Å². The molecule has 0 saturated carbocycles. The molecule has 110 valence electrons. The molecule has 1 aliphatic carbocycles. The Morgan fingerprint density at radius 1 is 1.45 bits per heavy atom. The fraction of sp³-hybridized carbons (Fsp3) is 0.615. The molecule has 6 nitrogen and oxygen atoms in total. The van der Waals surface area contributed by atoms with E-state index in [0.29, 0.717) is 17.7 Å². The number of thioether (sulfide) groups is 1. The molecular weight excluding hydrogens is 276 g/mol. The minimum absolute atomic E-state index is 0.0149. The van der Waals surface area contributed by atoms with E-state index >= 15 is 0 Å². The van der Waals surface area contributed by atoms with Crippen LogP contribution in [0.1, 0.15) is 38.0 Å². The number of hydrogen-bond acceptors (Lipinski definition) is 6. The summed E-state index contributed by atoms with van der Waals surface area (Å²) in [4.78, 5) is 11.7. The highest BCUT2D eigenvalue weighted by atomic mass is 32.2. The highest BCUT2D eigenvalue weighted by Gasteiger charge is 2.09. The smallest absolute Gasteiger partial charge is 0.277 e. The van der Waals surface area contributed by atoms with Crippen molar-refractivity contribution in [1.29, 1.82) is 0 Å². The van der Waals surface area contributed by atoms with E-state index in [2.05, 4.69) is 21.6 Å². The van der Waals surface area contributed by atoms with Crippen LogP contribution in [0.2, 0.25) is 0 Å². The SMILES string of the molecule is NCc1nnc(SCC(=O)NCCC2=CCCCC2)o1. The predicted octanol–water partition coefficient (Wildman–Crippen LogP) is 1.63. The van der Waals surface area contributed by atoms with Crippen molar-refractivity contribution in [2.24, 2.45) is 5.73 Å². The second-order valence-electron chi connectivity index (χ2n) is 4.66. The summed E-state index contributed by atoms with van der Waals surface area (Å²) in [7, 11) is 0. The van der Waals surface area contributed by atoms with Crippen LogP contribution in [0.4, 0.5) is 0 Å². The first kappa shape index (κ1) is 15.1. The normalized spacial score (nSPS) is 14.9. The van der Waals surface area contributed by atoms with E-state index in [0.717, 1.165) is 6.42 Å². The molecule has 0 fully saturated rings. The third kappa shape index (κ3) is 4.97. The molecular formula is C13H20N4O2S. The summed E-state index contributed by atoms with van der Waals surface area (Å²) in [6, 6.07) is 0. The molecule has 2 rings (SSSR count). The number of nitrogens with two attached hydrogens (primary N) is 1. The topological polar surface area (TPSA) is 94.0 Å². The number of amides is 1. The van der Waals surface area contributed by atoms with Crippen LogP contribution in [-0.2, 0) is 11.3 Å². The molecule has 0 saturated heterocycles. The molecule has 0 atom stereocenters. The highest BCUT2D eigenvalue weighted by Crippen LogP contribution is 2.19. The molecule has 0 unspecified atom stereocenters. The summed E-state index contributed by atoms with van der Waals surface area (Å²) in [6.07, 6.45) is 8.18. The fourth-order valence-corrected chi connectivity index (χ4v) is 2.66. The van der Waals surface area contributed by atoms with Crippen molar-refractivity contribution in [2.75, 3.05) is 12.3 Å². The number of rotatable bonds is 7. The van der Waals surface area contributed by atoms with E-state index in [1.807, 2.05) is 0 Å². The van der Waals surface area contributed by atoms with Gasteiger partial charge >= 0.3 is 0 Å². The van der Waals surface area contributed by atoms with E-state index in [9.17, 15) is 4.79 Å². The number of allylic oxidation sites excluding steroid dienone is 1. The average molecular weight is 296 g/mol. The number of aromatic nitrogens is 2. The van der Waals surface area contributed by atoms with Gasteiger partial charge in [-0.15, -0.1) is 10.2 Å².